The smallest absolute Gasteiger partial charge is 0.261 e. The van der Waals surface area contributed by atoms with Gasteiger partial charge in [-0.2, -0.15) is 0 Å². The fraction of sp³-hybridized carbons (Fsp3) is 0.440. The second kappa shape index (κ2) is 9.52. The summed E-state index contributed by atoms with van der Waals surface area (Å²) < 4.78 is 10.0. The Balaban J connectivity index is 1.67. The van der Waals surface area contributed by atoms with Crippen LogP contribution in [0.5, 0.6) is 0 Å². The summed E-state index contributed by atoms with van der Waals surface area (Å²) in [4.78, 5) is 34.5. The van der Waals surface area contributed by atoms with Gasteiger partial charge in [0.25, 0.3) is 11.8 Å². The summed E-state index contributed by atoms with van der Waals surface area (Å²) in [5.74, 6) is -0.933. The minimum absolute atomic E-state index is 0.0505. The van der Waals surface area contributed by atoms with Crippen molar-refractivity contribution in [3.8, 4) is 0 Å². The van der Waals surface area contributed by atoms with Crippen molar-refractivity contribution < 1.29 is 19.1 Å². The summed E-state index contributed by atoms with van der Waals surface area (Å²) in [7, 11) is -1.83. The van der Waals surface area contributed by atoms with Gasteiger partial charge in [-0.1, -0.05) is 20.8 Å². The van der Waals surface area contributed by atoms with Gasteiger partial charge in [0.05, 0.1) is 29.8 Å². The molecule has 0 aliphatic carbocycles. The average molecular weight is 496 g/mol. The molecule has 0 spiro atoms. The van der Waals surface area contributed by atoms with Gasteiger partial charge in [-0.05, 0) is 36.7 Å². The van der Waals surface area contributed by atoms with Crippen LogP contribution in [-0.2, 0) is 27.1 Å². The fourth-order valence-electron chi connectivity index (χ4n) is 3.95. The maximum absolute atomic E-state index is 12.9. The monoisotopic (exact) mass is 495 g/mol. The molecule has 2 N–H and O–H groups in total. The molecule has 0 saturated carbocycles. The second-order valence-electron chi connectivity index (χ2n) is 10.3. The van der Waals surface area contributed by atoms with Crippen LogP contribution in [0.15, 0.2) is 37.1 Å². The number of aliphatic hydroxyl groups excluding tert-OH is 1. The third-order valence-corrected chi connectivity index (χ3v) is 11.4. The van der Waals surface area contributed by atoms with Gasteiger partial charge in [0.1, 0.15) is 5.65 Å². The quantitative estimate of drug-likeness (QED) is 0.268. The number of pyridine rings is 1. The van der Waals surface area contributed by atoms with Crippen LogP contribution in [0, 0.1) is 0 Å². The molecule has 0 fully saturated rings. The van der Waals surface area contributed by atoms with Crippen LogP contribution in [0.4, 0.5) is 0 Å². The molecule has 9 nitrogen and oxygen atoms in total. The van der Waals surface area contributed by atoms with Gasteiger partial charge in [-0.3, -0.25) is 14.9 Å². The first kappa shape index (κ1) is 25.0. The van der Waals surface area contributed by atoms with Crippen LogP contribution >= 0.6 is 0 Å². The number of aryl methyl sites for hydroxylation is 1. The molecule has 1 aliphatic heterocycles. The van der Waals surface area contributed by atoms with E-state index in [1.54, 1.807) is 23.3 Å². The lowest BCUT2D eigenvalue weighted by Crippen LogP contribution is -2.41. The number of hydrogen-bond donors (Lipinski definition) is 2. The van der Waals surface area contributed by atoms with E-state index in [9.17, 15) is 14.7 Å². The van der Waals surface area contributed by atoms with Crippen molar-refractivity contribution in [3.63, 3.8) is 0 Å². The van der Waals surface area contributed by atoms with E-state index in [4.69, 9.17) is 4.43 Å². The van der Waals surface area contributed by atoms with E-state index in [0.29, 0.717) is 36.5 Å². The minimum Gasteiger partial charge on any atom is -0.417 e. The van der Waals surface area contributed by atoms with Crippen molar-refractivity contribution in [3.05, 3.63) is 48.3 Å². The largest absolute Gasteiger partial charge is 0.417 e. The van der Waals surface area contributed by atoms with Crippen LogP contribution in [0.2, 0.25) is 18.1 Å². The Kier molecular flexibility index (Phi) is 6.81. The number of imide groups is 1. The van der Waals surface area contributed by atoms with Crippen LogP contribution in [-0.4, -0.2) is 57.6 Å². The zero-order valence-corrected chi connectivity index (χ0v) is 22.0. The zero-order valence-electron chi connectivity index (χ0n) is 21.0. The van der Waals surface area contributed by atoms with Crippen LogP contribution in [0.25, 0.3) is 22.2 Å². The van der Waals surface area contributed by atoms with Gasteiger partial charge < -0.3 is 18.7 Å². The molecule has 0 aromatic carbocycles. The van der Waals surface area contributed by atoms with Gasteiger partial charge in [-0.15, -0.1) is 0 Å². The molecule has 4 heterocycles. The Bertz CT molecular complexity index is 1300. The molecule has 35 heavy (non-hydrogen) atoms. The maximum Gasteiger partial charge on any atom is 0.261 e. The summed E-state index contributed by atoms with van der Waals surface area (Å²) in [6.07, 6.45) is 7.62. The van der Waals surface area contributed by atoms with E-state index in [-0.39, 0.29) is 17.2 Å². The summed E-state index contributed by atoms with van der Waals surface area (Å²) in [6, 6.07) is 3.73. The van der Waals surface area contributed by atoms with Crippen molar-refractivity contribution in [2.45, 2.75) is 58.4 Å². The number of rotatable bonds is 9. The molecule has 0 bridgehead atoms. The summed E-state index contributed by atoms with van der Waals surface area (Å²) in [5, 5.41) is 12.6. The highest BCUT2D eigenvalue weighted by molar-refractivity contribution is 6.74. The molecule has 0 unspecified atom stereocenters. The number of imidazole rings is 1. The predicted octanol–water partition coefficient (Wildman–Crippen LogP) is 3.20. The SMILES string of the molecule is CC(C)(C)[Si](C)(C)OCCCn1cc(C2=C(c3cn(CCO)cn3)C(=O)NC2=O)c2cccnc21. The van der Waals surface area contributed by atoms with Crippen molar-refractivity contribution in [2.75, 3.05) is 13.2 Å². The number of fused-ring (bicyclic) bond motifs is 1. The molecule has 0 saturated heterocycles. The highest BCUT2D eigenvalue weighted by Crippen LogP contribution is 2.37. The number of carbonyl (C=O) groups is 2. The first-order chi connectivity index (χ1) is 16.5. The highest BCUT2D eigenvalue weighted by Gasteiger charge is 2.37. The number of nitrogens with one attached hydrogen (secondary N) is 1. The van der Waals surface area contributed by atoms with E-state index in [1.165, 1.54) is 0 Å². The molecule has 3 aromatic heterocycles. The first-order valence-electron chi connectivity index (χ1n) is 11.8. The lowest BCUT2D eigenvalue weighted by atomic mass is 10.00. The van der Waals surface area contributed by atoms with Crippen molar-refractivity contribution in [2.24, 2.45) is 0 Å². The van der Waals surface area contributed by atoms with E-state index in [0.717, 1.165) is 17.5 Å². The number of carbonyl (C=O) groups excluding carboxylic acids is 2. The second-order valence-corrected chi connectivity index (χ2v) is 15.1. The Hall–Kier alpha value is -3.08. The molecule has 2 amide bonds. The van der Waals surface area contributed by atoms with Gasteiger partial charge in [0.15, 0.2) is 8.32 Å². The minimum atomic E-state index is -1.83. The Labute approximate surface area is 206 Å². The lowest BCUT2D eigenvalue weighted by molar-refractivity contribution is -0.122. The number of hydrogen-bond acceptors (Lipinski definition) is 6. The topological polar surface area (TPSA) is 111 Å². The molecule has 0 radical (unpaired) electrons. The molecule has 0 atom stereocenters. The predicted molar refractivity (Wildman–Crippen MR) is 137 cm³/mol. The molecular formula is C25H33N5O4Si. The van der Waals surface area contributed by atoms with Crippen molar-refractivity contribution in [1.29, 1.82) is 0 Å². The molecule has 1 aliphatic rings. The van der Waals surface area contributed by atoms with Gasteiger partial charge in [0.2, 0.25) is 0 Å². The van der Waals surface area contributed by atoms with Gasteiger partial charge >= 0.3 is 0 Å². The van der Waals surface area contributed by atoms with E-state index in [2.05, 4.69) is 49.1 Å². The third kappa shape index (κ3) is 4.86. The summed E-state index contributed by atoms with van der Waals surface area (Å²) >= 11 is 0. The highest BCUT2D eigenvalue weighted by atomic mass is 28.4. The molecular weight excluding hydrogens is 462 g/mol. The van der Waals surface area contributed by atoms with Gasteiger partial charge in [0, 0.05) is 49.2 Å². The van der Waals surface area contributed by atoms with E-state index < -0.39 is 20.1 Å². The molecule has 3 aromatic rings. The first-order valence-corrected chi connectivity index (χ1v) is 14.8. The number of aromatic nitrogens is 4. The lowest BCUT2D eigenvalue weighted by Gasteiger charge is -2.36. The van der Waals surface area contributed by atoms with Gasteiger partial charge in [-0.25, -0.2) is 9.97 Å². The average Bonchev–Trinajstić information content (AvgIpc) is 3.46. The zero-order chi connectivity index (χ0) is 25.4. The summed E-state index contributed by atoms with van der Waals surface area (Å²) in [5.41, 5.74) is 2.31. The number of amides is 2. The molecule has 4 rings (SSSR count). The Morgan fingerprint density at radius 1 is 1.09 bits per heavy atom. The van der Waals surface area contributed by atoms with Crippen LogP contribution in [0.1, 0.15) is 38.4 Å². The van der Waals surface area contributed by atoms with Crippen LogP contribution in [0.3, 0.4) is 0 Å². The number of aliphatic hydroxyl groups is 1. The molecule has 10 heteroatoms. The summed E-state index contributed by atoms with van der Waals surface area (Å²) in [6.45, 7) is 12.8. The Morgan fingerprint density at radius 3 is 2.54 bits per heavy atom. The Morgan fingerprint density at radius 2 is 1.83 bits per heavy atom. The third-order valence-electron chi connectivity index (χ3n) is 6.89. The fourth-order valence-corrected chi connectivity index (χ4v) is 5.04. The van der Waals surface area contributed by atoms with E-state index >= 15 is 0 Å². The van der Waals surface area contributed by atoms with E-state index in [1.807, 2.05) is 22.9 Å². The van der Waals surface area contributed by atoms with Crippen molar-refractivity contribution in [1.82, 2.24) is 24.4 Å². The standard InChI is InChI=1S/C25H33N5O4Si/c1-25(2,3)35(4,5)34-13-7-10-30-14-18(17-8-6-9-26-22(17)30)20-21(24(33)28-23(20)32)19-15-29(11-12-31)16-27-19/h6,8-9,14-16,31H,7,10-13H2,1-5H3,(H,28,32,33). The normalized spacial score (nSPS) is 14.9. The number of nitrogens with zero attached hydrogens (tertiary/aromatic N) is 4. The van der Waals surface area contributed by atoms with Crippen LogP contribution < -0.4 is 5.32 Å². The van der Waals surface area contributed by atoms with Crippen molar-refractivity contribution >= 4 is 42.3 Å². The molecule has 186 valence electrons. The maximum atomic E-state index is 12.9.